The molecule has 2 aromatic carbocycles. The summed E-state index contributed by atoms with van der Waals surface area (Å²) in [7, 11) is 0. The first kappa shape index (κ1) is 17.6. The lowest BCUT2D eigenvalue weighted by molar-refractivity contribution is 0.426. The molecule has 0 aliphatic heterocycles. The number of halogens is 2. The first-order chi connectivity index (χ1) is 12.6. The van der Waals surface area contributed by atoms with Crippen LogP contribution in [0.3, 0.4) is 0 Å². The maximum atomic E-state index is 8.83. The van der Waals surface area contributed by atoms with Gasteiger partial charge in [0, 0.05) is 0 Å². The van der Waals surface area contributed by atoms with Crippen LogP contribution in [0.25, 0.3) is 0 Å². The summed E-state index contributed by atoms with van der Waals surface area (Å²) in [5.41, 5.74) is 1.02. The molecule has 0 bridgehead atoms. The number of aromatic nitrogens is 1. The number of hydrogen-bond acceptors (Lipinski definition) is 5. The van der Waals surface area contributed by atoms with E-state index in [1.165, 1.54) is 6.07 Å². The van der Waals surface area contributed by atoms with Crippen LogP contribution in [-0.4, -0.2) is 4.98 Å². The molecule has 0 atom stereocenters. The third kappa shape index (κ3) is 4.04. The zero-order chi connectivity index (χ0) is 18.5. The zero-order valence-corrected chi connectivity index (χ0v) is 14.6. The van der Waals surface area contributed by atoms with Gasteiger partial charge in [0.1, 0.15) is 21.5 Å². The highest BCUT2D eigenvalue weighted by atomic mass is 35.5. The Kier molecular flexibility index (Phi) is 5.24. The molecule has 7 heteroatoms. The SMILES string of the molecule is N#Cc1ccc(Oc2nc(Oc3ccc(C#N)cc3)c(Cl)cc2Cl)cc1. The average molecular weight is 382 g/mol. The molecule has 0 N–H and O–H groups in total. The quantitative estimate of drug-likeness (QED) is 0.577. The van der Waals surface area contributed by atoms with Gasteiger partial charge < -0.3 is 9.47 Å². The van der Waals surface area contributed by atoms with Gasteiger partial charge in [0.15, 0.2) is 0 Å². The largest absolute Gasteiger partial charge is 0.437 e. The summed E-state index contributed by atoms with van der Waals surface area (Å²) >= 11 is 12.3. The molecule has 0 fully saturated rings. The van der Waals surface area contributed by atoms with E-state index in [1.54, 1.807) is 48.5 Å². The van der Waals surface area contributed by atoms with Gasteiger partial charge in [0.05, 0.1) is 23.3 Å². The van der Waals surface area contributed by atoms with Crippen molar-refractivity contribution in [1.29, 1.82) is 10.5 Å². The van der Waals surface area contributed by atoms with Gasteiger partial charge in [-0.3, -0.25) is 0 Å². The minimum absolute atomic E-state index is 0.115. The van der Waals surface area contributed by atoms with Crippen LogP contribution < -0.4 is 9.47 Å². The molecular weight excluding hydrogens is 373 g/mol. The van der Waals surface area contributed by atoms with Crippen molar-refractivity contribution in [3.05, 3.63) is 75.8 Å². The molecule has 1 heterocycles. The molecule has 0 radical (unpaired) electrons. The fraction of sp³-hybridized carbons (Fsp3) is 0. The zero-order valence-electron chi connectivity index (χ0n) is 13.1. The Balaban J connectivity index is 1.86. The molecule has 0 aliphatic carbocycles. The third-order valence-corrected chi connectivity index (χ3v) is 3.80. The molecule has 1 aromatic heterocycles. The standard InChI is InChI=1S/C19H9Cl2N3O2/c20-16-9-17(21)19(26-15-7-3-13(11-23)4-8-15)24-18(16)25-14-5-1-12(10-22)2-6-14/h1-9H. The van der Waals surface area contributed by atoms with Crippen LogP contribution in [0.5, 0.6) is 23.3 Å². The van der Waals surface area contributed by atoms with Crippen LogP contribution in [0, 0.1) is 22.7 Å². The van der Waals surface area contributed by atoms with Crippen molar-refractivity contribution in [3.63, 3.8) is 0 Å². The second kappa shape index (κ2) is 7.76. The first-order valence-corrected chi connectivity index (χ1v) is 8.06. The van der Waals surface area contributed by atoms with Crippen molar-refractivity contribution in [2.75, 3.05) is 0 Å². The Labute approximate surface area is 159 Å². The Morgan fingerprint density at radius 3 is 1.42 bits per heavy atom. The molecule has 0 unspecified atom stereocenters. The van der Waals surface area contributed by atoms with Crippen molar-refractivity contribution >= 4 is 23.2 Å². The lowest BCUT2D eigenvalue weighted by Crippen LogP contribution is -1.94. The van der Waals surface area contributed by atoms with Gasteiger partial charge in [-0.15, -0.1) is 0 Å². The van der Waals surface area contributed by atoms with E-state index in [4.69, 9.17) is 43.2 Å². The van der Waals surface area contributed by atoms with Gasteiger partial charge in [0.25, 0.3) is 0 Å². The van der Waals surface area contributed by atoms with E-state index < -0.39 is 0 Å². The highest BCUT2D eigenvalue weighted by Gasteiger charge is 2.13. The molecule has 26 heavy (non-hydrogen) atoms. The average Bonchev–Trinajstić information content (AvgIpc) is 2.66. The second-order valence-electron chi connectivity index (χ2n) is 5.04. The Morgan fingerprint density at radius 1 is 0.692 bits per heavy atom. The number of benzene rings is 2. The van der Waals surface area contributed by atoms with Crippen molar-refractivity contribution in [2.45, 2.75) is 0 Å². The summed E-state index contributed by atoms with van der Waals surface area (Å²) in [6.07, 6.45) is 0. The number of hydrogen-bond donors (Lipinski definition) is 0. The van der Waals surface area contributed by atoms with E-state index in [0.29, 0.717) is 22.6 Å². The maximum absolute atomic E-state index is 8.83. The summed E-state index contributed by atoms with van der Waals surface area (Å²) in [5, 5.41) is 18.1. The Morgan fingerprint density at radius 2 is 1.08 bits per heavy atom. The fourth-order valence-corrected chi connectivity index (χ4v) is 2.43. The second-order valence-corrected chi connectivity index (χ2v) is 5.85. The topological polar surface area (TPSA) is 78.9 Å². The van der Waals surface area contributed by atoms with Crippen LogP contribution in [0.2, 0.25) is 10.0 Å². The van der Waals surface area contributed by atoms with Gasteiger partial charge >= 0.3 is 0 Å². The van der Waals surface area contributed by atoms with Gasteiger partial charge in [0.2, 0.25) is 11.8 Å². The Hall–Kier alpha value is -3.25. The lowest BCUT2D eigenvalue weighted by Gasteiger charge is -2.11. The minimum atomic E-state index is 0.115. The summed E-state index contributed by atoms with van der Waals surface area (Å²) in [5.74, 6) is 1.16. The van der Waals surface area contributed by atoms with Crippen molar-refractivity contribution in [1.82, 2.24) is 4.98 Å². The third-order valence-electron chi connectivity index (χ3n) is 3.26. The first-order valence-electron chi connectivity index (χ1n) is 7.31. The lowest BCUT2D eigenvalue weighted by atomic mass is 10.2. The van der Waals surface area contributed by atoms with Crippen LogP contribution in [-0.2, 0) is 0 Å². The van der Waals surface area contributed by atoms with Gasteiger partial charge in [-0.05, 0) is 54.6 Å². The predicted octanol–water partition coefficient (Wildman–Crippen LogP) is 5.72. The smallest absolute Gasteiger partial charge is 0.241 e. The summed E-state index contributed by atoms with van der Waals surface area (Å²) in [6, 6.07) is 18.5. The number of nitriles is 2. The van der Waals surface area contributed by atoms with Crippen LogP contribution >= 0.6 is 23.2 Å². The summed E-state index contributed by atoms with van der Waals surface area (Å²) in [6.45, 7) is 0. The van der Waals surface area contributed by atoms with Crippen LogP contribution in [0.1, 0.15) is 11.1 Å². The highest BCUT2D eigenvalue weighted by molar-refractivity contribution is 6.36. The van der Waals surface area contributed by atoms with E-state index in [2.05, 4.69) is 4.98 Å². The molecule has 0 aliphatic rings. The number of pyridine rings is 1. The molecule has 5 nitrogen and oxygen atoms in total. The molecule has 3 aromatic rings. The Bertz CT molecular complexity index is 940. The van der Waals surface area contributed by atoms with Gasteiger partial charge in [-0.2, -0.15) is 15.5 Å². The number of ether oxygens (including phenoxy) is 2. The molecule has 0 saturated carbocycles. The van der Waals surface area contributed by atoms with E-state index in [-0.39, 0.29) is 21.8 Å². The van der Waals surface area contributed by atoms with Crippen molar-refractivity contribution in [3.8, 4) is 35.4 Å². The van der Waals surface area contributed by atoms with E-state index >= 15 is 0 Å². The maximum Gasteiger partial charge on any atom is 0.241 e. The van der Waals surface area contributed by atoms with Crippen molar-refractivity contribution in [2.24, 2.45) is 0 Å². The van der Waals surface area contributed by atoms with Gasteiger partial charge in [-0.25, -0.2) is 0 Å². The van der Waals surface area contributed by atoms with E-state index in [9.17, 15) is 0 Å². The molecule has 3 rings (SSSR count). The van der Waals surface area contributed by atoms with E-state index in [1.807, 2.05) is 12.1 Å². The fourth-order valence-electron chi connectivity index (χ4n) is 2.00. The highest BCUT2D eigenvalue weighted by Crippen LogP contribution is 2.36. The normalized spacial score (nSPS) is 9.85. The van der Waals surface area contributed by atoms with Crippen LogP contribution in [0.15, 0.2) is 54.6 Å². The molecule has 0 amide bonds. The molecule has 126 valence electrons. The molecule has 0 spiro atoms. The molecule has 0 saturated heterocycles. The number of nitrogens with zero attached hydrogens (tertiary/aromatic N) is 3. The molecular formula is C19H9Cl2N3O2. The predicted molar refractivity (Wildman–Crippen MR) is 96.7 cm³/mol. The van der Waals surface area contributed by atoms with Crippen LogP contribution in [0.4, 0.5) is 0 Å². The van der Waals surface area contributed by atoms with Gasteiger partial charge in [-0.1, -0.05) is 23.2 Å². The summed E-state index contributed by atoms with van der Waals surface area (Å²) in [4.78, 5) is 4.21. The number of rotatable bonds is 4. The van der Waals surface area contributed by atoms with E-state index in [0.717, 1.165) is 0 Å². The minimum Gasteiger partial charge on any atom is -0.437 e. The monoisotopic (exact) mass is 381 g/mol. The van der Waals surface area contributed by atoms with Crippen molar-refractivity contribution < 1.29 is 9.47 Å². The summed E-state index contributed by atoms with van der Waals surface area (Å²) < 4.78 is 11.3.